The number of hydrogen-bond acceptors (Lipinski definition) is 5. The van der Waals surface area contributed by atoms with Crippen LogP contribution < -0.4 is 10.6 Å². The number of morpholine rings is 1. The van der Waals surface area contributed by atoms with Crippen molar-refractivity contribution in [2.24, 2.45) is 0 Å². The van der Waals surface area contributed by atoms with Gasteiger partial charge in [0.05, 0.1) is 24.4 Å². The van der Waals surface area contributed by atoms with Gasteiger partial charge in [-0.25, -0.2) is 4.79 Å². The van der Waals surface area contributed by atoms with E-state index in [9.17, 15) is 24.2 Å². The molecule has 1 amide bonds. The summed E-state index contributed by atoms with van der Waals surface area (Å²) in [5.41, 5.74) is 1.03. The summed E-state index contributed by atoms with van der Waals surface area (Å²) in [7, 11) is -3.27. The Balaban J connectivity index is 1.70. The third-order valence-corrected chi connectivity index (χ3v) is 6.92. The van der Waals surface area contributed by atoms with Gasteiger partial charge in [0.2, 0.25) is 13.3 Å². The minimum Gasteiger partial charge on any atom is -0.478 e. The second-order valence-corrected chi connectivity index (χ2v) is 10.0. The SMILES string of the molecule is CC(=O)NCCCCCP(=O)(O)C[C@H]1CN[C@H](Cc2ccccc2C(=O)O)CO1. The number of carbonyl (C=O) groups is 2. The molecule has 3 atom stereocenters. The fourth-order valence-corrected chi connectivity index (χ4v) is 5.19. The first-order valence-corrected chi connectivity index (χ1v) is 12.0. The molecule has 0 radical (unpaired) electrons. The highest BCUT2D eigenvalue weighted by molar-refractivity contribution is 7.58. The summed E-state index contributed by atoms with van der Waals surface area (Å²) in [6.07, 6.45) is 2.80. The van der Waals surface area contributed by atoms with Crippen molar-refractivity contribution in [3.8, 4) is 0 Å². The summed E-state index contributed by atoms with van der Waals surface area (Å²) < 4.78 is 18.2. The van der Waals surface area contributed by atoms with E-state index in [4.69, 9.17) is 4.74 Å². The van der Waals surface area contributed by atoms with Crippen molar-refractivity contribution < 1.29 is 28.9 Å². The molecule has 2 rings (SSSR count). The first-order valence-electron chi connectivity index (χ1n) is 9.98. The molecule has 1 unspecified atom stereocenters. The van der Waals surface area contributed by atoms with Gasteiger partial charge in [0, 0.05) is 32.2 Å². The molecule has 1 aromatic carbocycles. The molecule has 1 aliphatic rings. The predicted molar refractivity (Wildman–Crippen MR) is 111 cm³/mol. The van der Waals surface area contributed by atoms with Gasteiger partial charge in [-0.3, -0.25) is 9.36 Å². The van der Waals surface area contributed by atoms with Gasteiger partial charge in [-0.05, 0) is 30.9 Å². The Labute approximate surface area is 171 Å². The summed E-state index contributed by atoms with van der Waals surface area (Å²) in [6, 6.07) is 6.87. The predicted octanol–water partition coefficient (Wildman–Crippen LogP) is 1.86. The molecule has 0 bridgehead atoms. The summed E-state index contributed by atoms with van der Waals surface area (Å²) in [4.78, 5) is 32.3. The first kappa shape index (κ1) is 23.5. The van der Waals surface area contributed by atoms with Crippen LogP contribution in [0.4, 0.5) is 0 Å². The summed E-state index contributed by atoms with van der Waals surface area (Å²) >= 11 is 0. The van der Waals surface area contributed by atoms with Gasteiger partial charge >= 0.3 is 5.97 Å². The fourth-order valence-electron chi connectivity index (χ4n) is 3.42. The molecular formula is C20H31N2O6P. The number of aromatic carboxylic acids is 1. The van der Waals surface area contributed by atoms with E-state index in [1.54, 1.807) is 18.2 Å². The number of carboxylic acid groups (broad SMARTS) is 1. The molecule has 1 fully saturated rings. The monoisotopic (exact) mass is 426 g/mol. The lowest BCUT2D eigenvalue weighted by Crippen LogP contribution is -2.48. The van der Waals surface area contributed by atoms with Crippen LogP contribution in [0.3, 0.4) is 0 Å². The number of carboxylic acids is 1. The third-order valence-electron chi connectivity index (χ3n) is 4.93. The maximum atomic E-state index is 12.4. The van der Waals surface area contributed by atoms with Crippen LogP contribution >= 0.6 is 7.37 Å². The molecule has 0 saturated carbocycles. The van der Waals surface area contributed by atoms with Crippen molar-refractivity contribution in [1.29, 1.82) is 0 Å². The van der Waals surface area contributed by atoms with Gasteiger partial charge in [0.1, 0.15) is 0 Å². The fraction of sp³-hybridized carbons (Fsp3) is 0.600. The van der Waals surface area contributed by atoms with E-state index in [0.29, 0.717) is 32.5 Å². The molecule has 1 aliphatic heterocycles. The molecule has 1 aromatic rings. The standard InChI is InChI=1S/C20H31N2O6P/c1-15(23)21-9-5-2-6-10-29(26,27)14-18-12-22-17(13-28-18)11-16-7-3-4-8-19(16)20(24)25/h3-4,7-8,17-18,22H,2,5-6,9-14H2,1H3,(H,21,23)(H,24,25)(H,26,27)/t17-,18-/m1/s1. The number of ether oxygens (including phenoxy) is 1. The van der Waals surface area contributed by atoms with E-state index >= 15 is 0 Å². The van der Waals surface area contributed by atoms with Crippen molar-refractivity contribution in [1.82, 2.24) is 10.6 Å². The molecule has 0 aromatic heterocycles. The number of rotatable bonds is 11. The Morgan fingerprint density at radius 1 is 1.28 bits per heavy atom. The van der Waals surface area contributed by atoms with E-state index in [1.165, 1.54) is 6.92 Å². The number of hydrogen-bond donors (Lipinski definition) is 4. The lowest BCUT2D eigenvalue weighted by atomic mass is 10.00. The lowest BCUT2D eigenvalue weighted by Gasteiger charge is -2.31. The van der Waals surface area contributed by atoms with E-state index in [1.807, 2.05) is 6.07 Å². The van der Waals surface area contributed by atoms with Gasteiger partial charge in [-0.15, -0.1) is 0 Å². The maximum absolute atomic E-state index is 12.4. The third kappa shape index (κ3) is 8.66. The van der Waals surface area contributed by atoms with Crippen LogP contribution in [-0.2, 0) is 20.5 Å². The summed E-state index contributed by atoms with van der Waals surface area (Å²) in [6.45, 7) is 2.89. The van der Waals surface area contributed by atoms with Crippen LogP contribution in [0.1, 0.15) is 42.1 Å². The van der Waals surface area contributed by atoms with Gasteiger partial charge < -0.3 is 25.4 Å². The van der Waals surface area contributed by atoms with Crippen LogP contribution in [0.25, 0.3) is 0 Å². The van der Waals surface area contributed by atoms with Crippen molar-refractivity contribution in [3.05, 3.63) is 35.4 Å². The Morgan fingerprint density at radius 2 is 2.03 bits per heavy atom. The topological polar surface area (TPSA) is 125 Å². The average Bonchev–Trinajstić information content (AvgIpc) is 2.66. The molecule has 162 valence electrons. The summed E-state index contributed by atoms with van der Waals surface area (Å²) in [5.74, 6) is -1.02. The molecule has 29 heavy (non-hydrogen) atoms. The molecule has 0 aliphatic carbocycles. The molecule has 1 heterocycles. The zero-order valence-electron chi connectivity index (χ0n) is 16.8. The first-order chi connectivity index (χ1) is 13.8. The highest BCUT2D eigenvalue weighted by Crippen LogP contribution is 2.42. The summed E-state index contributed by atoms with van der Waals surface area (Å²) in [5, 5.41) is 15.3. The Hall–Kier alpha value is -1.73. The highest BCUT2D eigenvalue weighted by atomic mass is 31.2. The zero-order valence-corrected chi connectivity index (χ0v) is 17.7. The van der Waals surface area contributed by atoms with Crippen LogP contribution in [0.15, 0.2) is 24.3 Å². The molecule has 8 nitrogen and oxygen atoms in total. The van der Waals surface area contributed by atoms with Crippen molar-refractivity contribution in [2.75, 3.05) is 32.0 Å². The minimum absolute atomic E-state index is 0.0291. The van der Waals surface area contributed by atoms with Gasteiger partial charge in [-0.2, -0.15) is 0 Å². The molecular weight excluding hydrogens is 395 g/mol. The number of benzene rings is 1. The van der Waals surface area contributed by atoms with Crippen molar-refractivity contribution >= 4 is 19.2 Å². The normalized spacial score (nSPS) is 21.3. The smallest absolute Gasteiger partial charge is 0.335 e. The molecule has 4 N–H and O–H groups in total. The molecule has 0 spiro atoms. The quantitative estimate of drug-likeness (QED) is 0.314. The van der Waals surface area contributed by atoms with E-state index in [2.05, 4.69) is 10.6 Å². The largest absolute Gasteiger partial charge is 0.478 e. The average molecular weight is 426 g/mol. The second-order valence-electron chi connectivity index (χ2n) is 7.52. The van der Waals surface area contributed by atoms with Crippen LogP contribution in [0.5, 0.6) is 0 Å². The number of unbranched alkanes of at least 4 members (excludes halogenated alkanes) is 2. The lowest BCUT2D eigenvalue weighted by molar-refractivity contribution is -0.118. The molecule has 9 heteroatoms. The van der Waals surface area contributed by atoms with E-state index < -0.39 is 13.3 Å². The maximum Gasteiger partial charge on any atom is 0.335 e. The van der Waals surface area contributed by atoms with E-state index in [0.717, 1.165) is 18.4 Å². The van der Waals surface area contributed by atoms with Gasteiger partial charge in [0.15, 0.2) is 0 Å². The van der Waals surface area contributed by atoms with Crippen LogP contribution in [0, 0.1) is 0 Å². The molecule has 1 saturated heterocycles. The Bertz CT molecular complexity index is 733. The Kier molecular flexibility index (Phi) is 9.30. The number of carbonyl (C=O) groups excluding carboxylic acids is 1. The van der Waals surface area contributed by atoms with Gasteiger partial charge in [-0.1, -0.05) is 24.6 Å². The van der Waals surface area contributed by atoms with Crippen LogP contribution in [-0.4, -0.2) is 66.0 Å². The van der Waals surface area contributed by atoms with Crippen molar-refractivity contribution in [2.45, 2.75) is 44.8 Å². The van der Waals surface area contributed by atoms with E-state index in [-0.39, 0.29) is 35.9 Å². The second kappa shape index (κ2) is 11.5. The van der Waals surface area contributed by atoms with Crippen molar-refractivity contribution in [3.63, 3.8) is 0 Å². The highest BCUT2D eigenvalue weighted by Gasteiger charge is 2.29. The Morgan fingerprint density at radius 3 is 2.69 bits per heavy atom. The number of amides is 1. The number of nitrogens with one attached hydrogen (secondary N) is 2. The minimum atomic E-state index is -3.27. The van der Waals surface area contributed by atoms with Gasteiger partial charge in [0.25, 0.3) is 0 Å². The van der Waals surface area contributed by atoms with Crippen LogP contribution in [0.2, 0.25) is 0 Å². The zero-order chi connectivity index (χ0) is 21.3.